The van der Waals surface area contributed by atoms with Gasteiger partial charge in [0.15, 0.2) is 0 Å². The number of hydrogen-bond acceptors (Lipinski definition) is 5. The van der Waals surface area contributed by atoms with E-state index in [1.807, 2.05) is 6.92 Å². The van der Waals surface area contributed by atoms with Gasteiger partial charge in [-0.2, -0.15) is 0 Å². The van der Waals surface area contributed by atoms with E-state index in [1.165, 1.54) is 0 Å². The molecule has 5 heteroatoms. The number of rotatable bonds is 6. The molecule has 1 rings (SSSR count). The van der Waals surface area contributed by atoms with Crippen molar-refractivity contribution in [1.29, 1.82) is 0 Å². The second-order valence-corrected chi connectivity index (χ2v) is 4.82. The highest BCUT2D eigenvalue weighted by molar-refractivity contribution is 5.75. The van der Waals surface area contributed by atoms with Crippen molar-refractivity contribution in [2.45, 2.75) is 58.5 Å². The molecule has 2 atom stereocenters. The van der Waals surface area contributed by atoms with Crippen LogP contribution in [0.15, 0.2) is 0 Å². The Morgan fingerprint density at radius 3 is 2.53 bits per heavy atom. The topological polar surface area (TPSA) is 55.8 Å². The van der Waals surface area contributed by atoms with E-state index >= 15 is 0 Å². The summed E-state index contributed by atoms with van der Waals surface area (Å²) in [5, 5.41) is 0. The lowest BCUT2D eigenvalue weighted by atomic mass is 9.97. The van der Waals surface area contributed by atoms with Gasteiger partial charge in [-0.1, -0.05) is 6.42 Å². The van der Waals surface area contributed by atoms with Gasteiger partial charge in [-0.15, -0.1) is 0 Å². The van der Waals surface area contributed by atoms with Crippen LogP contribution >= 0.6 is 0 Å². The molecule has 5 nitrogen and oxygen atoms in total. The number of likely N-dealkylation sites (tertiary alicyclic amines) is 1. The number of nitrogens with zero attached hydrogens (tertiary/aromatic N) is 1. The van der Waals surface area contributed by atoms with Gasteiger partial charge >= 0.3 is 11.9 Å². The Hall–Kier alpha value is -1.10. The van der Waals surface area contributed by atoms with E-state index < -0.39 is 0 Å². The summed E-state index contributed by atoms with van der Waals surface area (Å²) in [7, 11) is 0. The summed E-state index contributed by atoms with van der Waals surface area (Å²) in [5.74, 6) is -0.395. The molecule has 0 amide bonds. The molecule has 1 aliphatic rings. The van der Waals surface area contributed by atoms with Crippen molar-refractivity contribution in [2.75, 3.05) is 19.8 Å². The SMILES string of the molecule is CCOC(=O)CC1CCCCN1C(C)C(=O)OCC. The number of hydrogen-bond donors (Lipinski definition) is 0. The van der Waals surface area contributed by atoms with Crippen LogP contribution in [0.3, 0.4) is 0 Å². The molecule has 2 unspecified atom stereocenters. The molecule has 19 heavy (non-hydrogen) atoms. The average Bonchev–Trinajstić information content (AvgIpc) is 2.39. The van der Waals surface area contributed by atoms with Gasteiger partial charge in [0.05, 0.1) is 19.6 Å². The van der Waals surface area contributed by atoms with Gasteiger partial charge in [-0.3, -0.25) is 14.5 Å². The Morgan fingerprint density at radius 1 is 1.21 bits per heavy atom. The highest BCUT2D eigenvalue weighted by Crippen LogP contribution is 2.23. The van der Waals surface area contributed by atoms with Gasteiger partial charge < -0.3 is 9.47 Å². The first kappa shape index (κ1) is 16.0. The highest BCUT2D eigenvalue weighted by Gasteiger charge is 2.32. The van der Waals surface area contributed by atoms with Crippen molar-refractivity contribution in [3.8, 4) is 0 Å². The monoisotopic (exact) mass is 271 g/mol. The van der Waals surface area contributed by atoms with E-state index in [9.17, 15) is 9.59 Å². The van der Waals surface area contributed by atoms with E-state index in [0.29, 0.717) is 19.6 Å². The van der Waals surface area contributed by atoms with E-state index in [1.54, 1.807) is 13.8 Å². The maximum Gasteiger partial charge on any atom is 0.323 e. The Labute approximate surface area is 115 Å². The van der Waals surface area contributed by atoms with Crippen LogP contribution in [0.2, 0.25) is 0 Å². The zero-order chi connectivity index (χ0) is 14.3. The first-order chi connectivity index (χ1) is 9.10. The van der Waals surface area contributed by atoms with Crippen LogP contribution in [0, 0.1) is 0 Å². The largest absolute Gasteiger partial charge is 0.466 e. The fraction of sp³-hybridized carbons (Fsp3) is 0.857. The second kappa shape index (κ2) is 8.15. The van der Waals surface area contributed by atoms with Gasteiger partial charge in [-0.25, -0.2) is 0 Å². The van der Waals surface area contributed by atoms with Gasteiger partial charge in [0.1, 0.15) is 6.04 Å². The Kier molecular flexibility index (Phi) is 6.84. The molecule has 0 bridgehead atoms. The molecule has 0 saturated carbocycles. The zero-order valence-corrected chi connectivity index (χ0v) is 12.2. The standard InChI is InChI=1S/C14H25NO4/c1-4-18-13(16)10-12-8-6-7-9-15(12)11(3)14(17)19-5-2/h11-12H,4-10H2,1-3H3. The number of carbonyl (C=O) groups excluding carboxylic acids is 2. The molecule has 0 spiro atoms. The summed E-state index contributed by atoms with van der Waals surface area (Å²) in [6.07, 6.45) is 3.44. The molecular formula is C14H25NO4. The Bertz CT molecular complexity index is 306. The third-order valence-corrected chi connectivity index (χ3v) is 3.51. The van der Waals surface area contributed by atoms with Crippen molar-refractivity contribution in [2.24, 2.45) is 0 Å². The minimum Gasteiger partial charge on any atom is -0.466 e. The third kappa shape index (κ3) is 4.82. The molecule has 1 heterocycles. The fourth-order valence-corrected chi connectivity index (χ4v) is 2.56. The highest BCUT2D eigenvalue weighted by atomic mass is 16.5. The van der Waals surface area contributed by atoms with Crippen LogP contribution in [0.1, 0.15) is 46.5 Å². The first-order valence-corrected chi connectivity index (χ1v) is 7.18. The molecule has 1 aliphatic heterocycles. The Balaban J connectivity index is 2.61. The molecule has 1 fully saturated rings. The van der Waals surface area contributed by atoms with Gasteiger partial charge in [0, 0.05) is 6.04 Å². The summed E-state index contributed by atoms with van der Waals surface area (Å²) in [5.41, 5.74) is 0. The van der Waals surface area contributed by atoms with Crippen molar-refractivity contribution in [1.82, 2.24) is 4.90 Å². The molecular weight excluding hydrogens is 246 g/mol. The number of esters is 2. The molecule has 0 N–H and O–H groups in total. The molecule has 110 valence electrons. The van der Waals surface area contributed by atoms with Gasteiger partial charge in [-0.05, 0) is 40.2 Å². The van der Waals surface area contributed by atoms with Gasteiger partial charge in [0.2, 0.25) is 0 Å². The number of piperidine rings is 1. The van der Waals surface area contributed by atoms with E-state index in [-0.39, 0.29) is 24.0 Å². The third-order valence-electron chi connectivity index (χ3n) is 3.51. The van der Waals surface area contributed by atoms with Crippen LogP contribution < -0.4 is 0 Å². The lowest BCUT2D eigenvalue weighted by Crippen LogP contribution is -2.49. The van der Waals surface area contributed by atoms with E-state index in [4.69, 9.17) is 9.47 Å². The summed E-state index contributed by atoms with van der Waals surface area (Å²) >= 11 is 0. The summed E-state index contributed by atoms with van der Waals surface area (Å²) in [4.78, 5) is 25.5. The van der Waals surface area contributed by atoms with Gasteiger partial charge in [0.25, 0.3) is 0 Å². The quantitative estimate of drug-likeness (QED) is 0.689. The molecule has 0 radical (unpaired) electrons. The summed E-state index contributed by atoms with van der Waals surface area (Å²) < 4.78 is 10.1. The predicted octanol–water partition coefficient (Wildman–Crippen LogP) is 1.75. The molecule has 0 aromatic heterocycles. The molecule has 1 saturated heterocycles. The Morgan fingerprint density at radius 2 is 1.89 bits per heavy atom. The van der Waals surface area contributed by atoms with E-state index in [2.05, 4.69) is 4.90 Å². The summed E-state index contributed by atoms with van der Waals surface area (Å²) in [6.45, 7) is 7.08. The van der Waals surface area contributed by atoms with Crippen molar-refractivity contribution < 1.29 is 19.1 Å². The van der Waals surface area contributed by atoms with Crippen LogP contribution in [-0.4, -0.2) is 48.7 Å². The van der Waals surface area contributed by atoms with E-state index in [0.717, 1.165) is 25.8 Å². The van der Waals surface area contributed by atoms with Crippen molar-refractivity contribution >= 4 is 11.9 Å². The maximum atomic E-state index is 11.8. The van der Waals surface area contributed by atoms with Crippen molar-refractivity contribution in [3.05, 3.63) is 0 Å². The predicted molar refractivity (Wildman–Crippen MR) is 71.7 cm³/mol. The number of ether oxygens (including phenoxy) is 2. The van der Waals surface area contributed by atoms with Crippen LogP contribution in [0.5, 0.6) is 0 Å². The van der Waals surface area contributed by atoms with Crippen molar-refractivity contribution in [3.63, 3.8) is 0 Å². The second-order valence-electron chi connectivity index (χ2n) is 4.82. The zero-order valence-electron chi connectivity index (χ0n) is 12.2. The molecule has 0 aromatic rings. The lowest BCUT2D eigenvalue weighted by molar-refractivity contribution is -0.153. The lowest BCUT2D eigenvalue weighted by Gasteiger charge is -2.38. The fourth-order valence-electron chi connectivity index (χ4n) is 2.56. The smallest absolute Gasteiger partial charge is 0.323 e. The minimum atomic E-state index is -0.292. The van der Waals surface area contributed by atoms with Crippen LogP contribution in [0.25, 0.3) is 0 Å². The summed E-state index contributed by atoms with van der Waals surface area (Å²) in [6, 6.07) is -0.202. The molecule has 0 aliphatic carbocycles. The average molecular weight is 271 g/mol. The molecule has 0 aromatic carbocycles. The first-order valence-electron chi connectivity index (χ1n) is 7.18. The van der Waals surface area contributed by atoms with Crippen LogP contribution in [-0.2, 0) is 19.1 Å². The van der Waals surface area contributed by atoms with Crippen LogP contribution in [0.4, 0.5) is 0 Å². The minimum absolute atomic E-state index is 0.0900. The maximum absolute atomic E-state index is 11.8. The normalized spacial score (nSPS) is 21.7. The number of carbonyl (C=O) groups is 2.